The zero-order valence-electron chi connectivity index (χ0n) is 13.9. The van der Waals surface area contributed by atoms with Crippen LogP contribution >= 0.6 is 0 Å². The second-order valence-electron chi connectivity index (χ2n) is 5.25. The third-order valence-corrected chi connectivity index (χ3v) is 3.49. The number of nitrogens with one attached hydrogen (secondary N) is 1. The van der Waals surface area contributed by atoms with E-state index in [0.29, 0.717) is 0 Å². The van der Waals surface area contributed by atoms with E-state index in [2.05, 4.69) is 31.1 Å². The molecule has 1 aromatic rings. The average Bonchev–Trinajstić information content (AvgIpc) is 2.52. The lowest BCUT2D eigenvalue weighted by Gasteiger charge is -2.21. The van der Waals surface area contributed by atoms with Gasteiger partial charge < -0.3 is 10.2 Å². The van der Waals surface area contributed by atoms with Crippen LogP contribution in [0.1, 0.15) is 63.0 Å². The molecule has 4 nitrogen and oxygen atoms in total. The highest BCUT2D eigenvalue weighted by Gasteiger charge is 2.15. The van der Waals surface area contributed by atoms with E-state index in [4.69, 9.17) is 0 Å². The smallest absolute Gasteiger partial charge is 0.254 e. The topological polar surface area (TPSA) is 45.2 Å². The molecular weight excluding hydrogens is 262 g/mol. The summed E-state index contributed by atoms with van der Waals surface area (Å²) in [7, 11) is 0. The Labute approximate surface area is 129 Å². The fraction of sp³-hybridized carbons (Fsp3) is 0.647. The Bertz CT molecular complexity index is 446. The van der Waals surface area contributed by atoms with Crippen LogP contribution in [-0.2, 0) is 6.42 Å². The van der Waals surface area contributed by atoms with Gasteiger partial charge in [0.15, 0.2) is 0 Å². The first-order valence-corrected chi connectivity index (χ1v) is 8.20. The molecule has 0 aliphatic carbocycles. The van der Waals surface area contributed by atoms with Gasteiger partial charge in [0.2, 0.25) is 0 Å². The van der Waals surface area contributed by atoms with E-state index in [-0.39, 0.29) is 5.91 Å². The van der Waals surface area contributed by atoms with Gasteiger partial charge in [-0.05, 0) is 38.3 Å². The van der Waals surface area contributed by atoms with E-state index in [0.717, 1.165) is 62.4 Å². The summed E-state index contributed by atoms with van der Waals surface area (Å²) in [5.74, 6) is 0.925. The number of aryl methyl sites for hydroxylation is 1. The summed E-state index contributed by atoms with van der Waals surface area (Å²) in [6.45, 7) is 10.8. The van der Waals surface area contributed by atoms with Crippen molar-refractivity contribution >= 4 is 11.7 Å². The number of carbonyl (C=O) groups is 1. The molecule has 21 heavy (non-hydrogen) atoms. The quantitative estimate of drug-likeness (QED) is 0.754. The number of pyridine rings is 1. The molecule has 1 N–H and O–H groups in total. The van der Waals surface area contributed by atoms with Gasteiger partial charge in [-0.15, -0.1) is 0 Å². The number of carbonyl (C=O) groups excluding carboxylic acids is 1. The maximum absolute atomic E-state index is 12.6. The minimum atomic E-state index is 0.114. The van der Waals surface area contributed by atoms with Crippen molar-refractivity contribution in [3.8, 4) is 0 Å². The van der Waals surface area contributed by atoms with Crippen molar-refractivity contribution in [2.75, 3.05) is 25.0 Å². The van der Waals surface area contributed by atoms with Gasteiger partial charge in [-0.2, -0.15) is 0 Å². The molecule has 1 heterocycles. The van der Waals surface area contributed by atoms with Crippen molar-refractivity contribution in [1.29, 1.82) is 0 Å². The Balaban J connectivity index is 2.95. The number of anilines is 1. The van der Waals surface area contributed by atoms with E-state index in [1.807, 2.05) is 24.0 Å². The number of unbranched alkanes of at least 4 members (excludes halogenated alkanes) is 1. The number of hydrogen-bond donors (Lipinski definition) is 1. The Morgan fingerprint density at radius 2 is 1.95 bits per heavy atom. The zero-order valence-corrected chi connectivity index (χ0v) is 13.9. The van der Waals surface area contributed by atoms with Crippen LogP contribution < -0.4 is 5.32 Å². The standard InChI is InChI=1S/C17H29N3O/c1-5-9-11-20(8-4)17(21)14-12-15(7-3)19-16(13-14)18-10-6-2/h12-13H,5-11H2,1-4H3,(H,18,19). The summed E-state index contributed by atoms with van der Waals surface area (Å²) in [6.07, 6.45) is 4.03. The predicted octanol–water partition coefficient (Wildman–Crippen LogP) is 3.73. The largest absolute Gasteiger partial charge is 0.370 e. The van der Waals surface area contributed by atoms with Crippen LogP contribution in [0.5, 0.6) is 0 Å². The van der Waals surface area contributed by atoms with Crippen LogP contribution in [0.25, 0.3) is 0 Å². The Hall–Kier alpha value is -1.58. The summed E-state index contributed by atoms with van der Waals surface area (Å²) in [5, 5.41) is 3.28. The van der Waals surface area contributed by atoms with Gasteiger partial charge in [0.1, 0.15) is 5.82 Å². The first-order chi connectivity index (χ1) is 10.2. The molecule has 0 aliphatic heterocycles. The lowest BCUT2D eigenvalue weighted by atomic mass is 10.1. The molecular formula is C17H29N3O. The SMILES string of the molecule is CCCCN(CC)C(=O)c1cc(CC)nc(NCCC)c1. The van der Waals surface area contributed by atoms with Crippen molar-refractivity contribution < 1.29 is 4.79 Å². The van der Waals surface area contributed by atoms with Gasteiger partial charge in [-0.1, -0.05) is 27.2 Å². The molecule has 0 bridgehead atoms. The molecule has 0 radical (unpaired) electrons. The number of amides is 1. The Morgan fingerprint density at radius 3 is 2.52 bits per heavy atom. The van der Waals surface area contributed by atoms with Gasteiger partial charge in [0, 0.05) is 30.9 Å². The molecule has 0 aliphatic rings. The maximum Gasteiger partial charge on any atom is 0.254 e. The Morgan fingerprint density at radius 1 is 1.19 bits per heavy atom. The third kappa shape index (κ3) is 5.37. The number of aromatic nitrogens is 1. The van der Waals surface area contributed by atoms with Crippen molar-refractivity contribution in [3.05, 3.63) is 23.4 Å². The molecule has 4 heteroatoms. The van der Waals surface area contributed by atoms with Crippen LogP contribution in [0.4, 0.5) is 5.82 Å². The van der Waals surface area contributed by atoms with Crippen LogP contribution in [0.3, 0.4) is 0 Å². The minimum Gasteiger partial charge on any atom is -0.370 e. The van der Waals surface area contributed by atoms with Crippen LogP contribution in [-0.4, -0.2) is 35.4 Å². The summed E-state index contributed by atoms with van der Waals surface area (Å²) in [5.41, 5.74) is 1.71. The third-order valence-electron chi connectivity index (χ3n) is 3.49. The first kappa shape index (κ1) is 17.5. The molecule has 1 amide bonds. The molecule has 0 unspecified atom stereocenters. The van der Waals surface area contributed by atoms with Crippen LogP contribution in [0.2, 0.25) is 0 Å². The lowest BCUT2D eigenvalue weighted by molar-refractivity contribution is 0.0762. The Kier molecular flexibility index (Phi) is 7.80. The highest BCUT2D eigenvalue weighted by atomic mass is 16.2. The fourth-order valence-corrected chi connectivity index (χ4v) is 2.17. The number of rotatable bonds is 9. The molecule has 0 fully saturated rings. The normalized spacial score (nSPS) is 10.5. The van der Waals surface area contributed by atoms with Crippen molar-refractivity contribution in [3.63, 3.8) is 0 Å². The van der Waals surface area contributed by atoms with E-state index in [1.54, 1.807) is 0 Å². The van der Waals surface area contributed by atoms with Crippen molar-refractivity contribution in [1.82, 2.24) is 9.88 Å². The molecule has 0 saturated heterocycles. The summed E-state index contributed by atoms with van der Waals surface area (Å²) in [4.78, 5) is 19.1. The van der Waals surface area contributed by atoms with Gasteiger partial charge in [-0.25, -0.2) is 4.98 Å². The van der Waals surface area contributed by atoms with E-state index >= 15 is 0 Å². The van der Waals surface area contributed by atoms with E-state index in [1.165, 1.54) is 0 Å². The molecule has 0 spiro atoms. The van der Waals surface area contributed by atoms with Crippen molar-refractivity contribution in [2.45, 2.75) is 53.4 Å². The fourth-order valence-electron chi connectivity index (χ4n) is 2.17. The van der Waals surface area contributed by atoms with Crippen LogP contribution in [0.15, 0.2) is 12.1 Å². The predicted molar refractivity (Wildman–Crippen MR) is 88.9 cm³/mol. The zero-order chi connectivity index (χ0) is 15.7. The van der Waals surface area contributed by atoms with E-state index in [9.17, 15) is 4.79 Å². The average molecular weight is 291 g/mol. The molecule has 0 aromatic carbocycles. The van der Waals surface area contributed by atoms with Gasteiger partial charge in [0.05, 0.1) is 0 Å². The van der Waals surface area contributed by atoms with Gasteiger partial charge in [-0.3, -0.25) is 4.79 Å². The van der Waals surface area contributed by atoms with E-state index < -0.39 is 0 Å². The molecule has 1 aromatic heterocycles. The first-order valence-electron chi connectivity index (χ1n) is 8.20. The molecule has 0 atom stereocenters. The highest BCUT2D eigenvalue weighted by Crippen LogP contribution is 2.14. The van der Waals surface area contributed by atoms with Gasteiger partial charge in [0.25, 0.3) is 5.91 Å². The van der Waals surface area contributed by atoms with Gasteiger partial charge >= 0.3 is 0 Å². The monoisotopic (exact) mass is 291 g/mol. The molecule has 1 rings (SSSR count). The second kappa shape index (κ2) is 9.37. The summed E-state index contributed by atoms with van der Waals surface area (Å²) < 4.78 is 0. The number of hydrogen-bond acceptors (Lipinski definition) is 3. The molecule has 0 saturated carbocycles. The molecule has 118 valence electrons. The summed E-state index contributed by atoms with van der Waals surface area (Å²) >= 11 is 0. The lowest BCUT2D eigenvalue weighted by Crippen LogP contribution is -2.32. The minimum absolute atomic E-state index is 0.114. The second-order valence-corrected chi connectivity index (χ2v) is 5.25. The van der Waals surface area contributed by atoms with Crippen LogP contribution in [0, 0.1) is 0 Å². The number of nitrogens with zero attached hydrogens (tertiary/aromatic N) is 2. The summed E-state index contributed by atoms with van der Waals surface area (Å²) in [6, 6.07) is 3.81. The maximum atomic E-state index is 12.6. The highest BCUT2D eigenvalue weighted by molar-refractivity contribution is 5.95. The van der Waals surface area contributed by atoms with Crippen molar-refractivity contribution in [2.24, 2.45) is 0 Å².